The number of rotatable bonds is 8. The van der Waals surface area contributed by atoms with Crippen molar-refractivity contribution >= 4 is 51.0 Å². The van der Waals surface area contributed by atoms with Crippen molar-refractivity contribution in [2.24, 2.45) is 18.9 Å². The van der Waals surface area contributed by atoms with Crippen molar-refractivity contribution in [1.82, 2.24) is 14.5 Å². The van der Waals surface area contributed by atoms with E-state index >= 15 is 0 Å². The lowest BCUT2D eigenvalue weighted by Crippen LogP contribution is -2.35. The molecule has 4 heterocycles. The standard InChI is InChI=1S/C28H29ClN4O4S/c1-32-8-5-18-12-20(15-30-26(18)32)22-4-3-21(29)14-23(22)24-16-38-28(31-24)33(2)27(36)19(13-25(34)35)11-17-6-9-37-10-7-17/h3-5,8,12,14-17,19H,6-7,9-11,13H2,1-2H3,(H,34,35). The Hall–Kier alpha value is -3.27. The zero-order valence-corrected chi connectivity index (χ0v) is 22.8. The number of ether oxygens (including phenoxy) is 1. The summed E-state index contributed by atoms with van der Waals surface area (Å²) in [6, 6.07) is 9.77. The van der Waals surface area contributed by atoms with Crippen molar-refractivity contribution in [3.63, 3.8) is 0 Å². The molecule has 0 bridgehead atoms. The summed E-state index contributed by atoms with van der Waals surface area (Å²) >= 11 is 7.73. The number of hydrogen-bond donors (Lipinski definition) is 1. The van der Waals surface area contributed by atoms with Crippen LogP contribution in [0, 0.1) is 11.8 Å². The minimum absolute atomic E-state index is 0.202. The maximum atomic E-state index is 13.4. The second-order valence-corrected chi connectivity index (χ2v) is 11.0. The number of amides is 1. The molecule has 5 rings (SSSR count). The molecular formula is C28H29ClN4O4S. The summed E-state index contributed by atoms with van der Waals surface area (Å²) in [7, 11) is 3.62. The first-order chi connectivity index (χ1) is 18.3. The first kappa shape index (κ1) is 26.3. The van der Waals surface area contributed by atoms with Crippen LogP contribution >= 0.6 is 22.9 Å². The Balaban J connectivity index is 1.42. The van der Waals surface area contributed by atoms with Crippen LogP contribution in [0.4, 0.5) is 5.13 Å². The number of aliphatic carboxylic acids is 1. The molecular weight excluding hydrogens is 524 g/mol. The summed E-state index contributed by atoms with van der Waals surface area (Å²) in [4.78, 5) is 35.9. The van der Waals surface area contributed by atoms with Gasteiger partial charge in [0, 0.05) is 72.5 Å². The number of carboxylic acids is 1. The van der Waals surface area contributed by atoms with Crippen LogP contribution in [0.2, 0.25) is 5.02 Å². The van der Waals surface area contributed by atoms with Gasteiger partial charge >= 0.3 is 5.97 Å². The van der Waals surface area contributed by atoms with Gasteiger partial charge in [-0.1, -0.05) is 17.7 Å². The molecule has 1 amide bonds. The van der Waals surface area contributed by atoms with Crippen LogP contribution in [0.15, 0.2) is 48.1 Å². The number of benzene rings is 1. The number of carboxylic acid groups (broad SMARTS) is 1. The Bertz CT molecular complexity index is 1480. The topological polar surface area (TPSA) is 97.6 Å². The Morgan fingerprint density at radius 3 is 2.79 bits per heavy atom. The van der Waals surface area contributed by atoms with E-state index in [9.17, 15) is 14.7 Å². The molecule has 0 aliphatic carbocycles. The van der Waals surface area contributed by atoms with Gasteiger partial charge in [0.15, 0.2) is 5.13 Å². The van der Waals surface area contributed by atoms with Crippen molar-refractivity contribution < 1.29 is 19.4 Å². The maximum Gasteiger partial charge on any atom is 0.304 e. The number of anilines is 1. The van der Waals surface area contributed by atoms with Gasteiger partial charge in [0.1, 0.15) is 5.65 Å². The molecule has 1 aliphatic heterocycles. The summed E-state index contributed by atoms with van der Waals surface area (Å²) in [5, 5.41) is 13.5. The average Bonchev–Trinajstić information content (AvgIpc) is 3.55. The monoisotopic (exact) mass is 552 g/mol. The van der Waals surface area contributed by atoms with Gasteiger partial charge in [0.2, 0.25) is 5.91 Å². The average molecular weight is 553 g/mol. The van der Waals surface area contributed by atoms with Gasteiger partial charge in [0.05, 0.1) is 12.1 Å². The second-order valence-electron chi connectivity index (χ2n) is 9.75. The number of carbonyl (C=O) groups is 2. The van der Waals surface area contributed by atoms with E-state index in [1.165, 1.54) is 16.2 Å². The number of pyridine rings is 1. The van der Waals surface area contributed by atoms with E-state index in [1.807, 2.05) is 53.7 Å². The number of halogens is 1. The molecule has 4 aromatic rings. The van der Waals surface area contributed by atoms with Crippen LogP contribution < -0.4 is 4.90 Å². The van der Waals surface area contributed by atoms with Crippen molar-refractivity contribution in [3.8, 4) is 22.4 Å². The molecule has 1 aromatic carbocycles. The molecule has 1 fully saturated rings. The Morgan fingerprint density at radius 1 is 1.24 bits per heavy atom. The van der Waals surface area contributed by atoms with E-state index in [0.29, 0.717) is 35.5 Å². The van der Waals surface area contributed by atoms with E-state index in [1.54, 1.807) is 7.05 Å². The smallest absolute Gasteiger partial charge is 0.304 e. The van der Waals surface area contributed by atoms with Crippen LogP contribution in [-0.4, -0.2) is 51.8 Å². The van der Waals surface area contributed by atoms with E-state index in [2.05, 4.69) is 11.1 Å². The highest BCUT2D eigenvalue weighted by atomic mass is 35.5. The summed E-state index contributed by atoms with van der Waals surface area (Å²) in [6.07, 6.45) is 5.83. The second kappa shape index (κ2) is 11.2. The Morgan fingerprint density at radius 2 is 2.03 bits per heavy atom. The Labute approximate surface area is 229 Å². The molecule has 0 radical (unpaired) electrons. The fraction of sp³-hybridized carbons (Fsp3) is 0.357. The fourth-order valence-corrected chi connectivity index (χ4v) is 6.03. The summed E-state index contributed by atoms with van der Waals surface area (Å²) in [5.74, 6) is -1.54. The van der Waals surface area contributed by atoms with Crippen molar-refractivity contribution in [1.29, 1.82) is 0 Å². The highest BCUT2D eigenvalue weighted by Gasteiger charge is 2.30. The van der Waals surface area contributed by atoms with Crippen molar-refractivity contribution in [3.05, 3.63) is 53.1 Å². The van der Waals surface area contributed by atoms with Gasteiger partial charge in [-0.05, 0) is 55.0 Å². The number of carbonyl (C=O) groups excluding carboxylic acids is 1. The third-order valence-corrected chi connectivity index (χ3v) is 8.27. The van der Waals surface area contributed by atoms with Gasteiger partial charge in [-0.25, -0.2) is 9.97 Å². The SMILES string of the molecule is CN(C(=O)C(CC(=O)O)CC1CCOCC1)c1nc(-c2cc(Cl)ccc2-c2cnc3c(ccn3C)c2)cs1. The molecule has 0 saturated carbocycles. The molecule has 1 aliphatic rings. The Kier molecular flexibility index (Phi) is 7.78. The molecule has 1 unspecified atom stereocenters. The number of fused-ring (bicyclic) bond motifs is 1. The van der Waals surface area contributed by atoms with Crippen LogP contribution in [0.5, 0.6) is 0 Å². The first-order valence-corrected chi connectivity index (χ1v) is 13.8. The third kappa shape index (κ3) is 5.60. The lowest BCUT2D eigenvalue weighted by Gasteiger charge is -2.27. The zero-order valence-electron chi connectivity index (χ0n) is 21.3. The number of hydrogen-bond acceptors (Lipinski definition) is 6. The minimum atomic E-state index is -0.976. The van der Waals surface area contributed by atoms with E-state index in [4.69, 9.17) is 21.3 Å². The number of aryl methyl sites for hydroxylation is 1. The van der Waals surface area contributed by atoms with Gasteiger partial charge in [-0.2, -0.15) is 0 Å². The molecule has 0 spiro atoms. The van der Waals surface area contributed by atoms with Gasteiger partial charge < -0.3 is 14.4 Å². The summed E-state index contributed by atoms with van der Waals surface area (Å²) in [6.45, 7) is 1.30. The zero-order chi connectivity index (χ0) is 26.8. The predicted molar refractivity (Wildman–Crippen MR) is 150 cm³/mol. The van der Waals surface area contributed by atoms with E-state index in [-0.39, 0.29) is 18.2 Å². The summed E-state index contributed by atoms with van der Waals surface area (Å²) in [5.41, 5.74) is 4.29. The van der Waals surface area contributed by atoms with Gasteiger partial charge in [-0.15, -0.1) is 11.3 Å². The highest BCUT2D eigenvalue weighted by Crippen LogP contribution is 2.37. The highest BCUT2D eigenvalue weighted by molar-refractivity contribution is 7.14. The summed E-state index contributed by atoms with van der Waals surface area (Å²) < 4.78 is 7.40. The molecule has 198 valence electrons. The number of thiazole rings is 1. The molecule has 10 heteroatoms. The molecule has 1 N–H and O–H groups in total. The lowest BCUT2D eigenvalue weighted by atomic mass is 9.86. The normalized spacial score (nSPS) is 15.0. The van der Waals surface area contributed by atoms with E-state index in [0.717, 1.165) is 40.6 Å². The quantitative estimate of drug-likeness (QED) is 0.293. The van der Waals surface area contributed by atoms with Crippen LogP contribution in [0.25, 0.3) is 33.4 Å². The van der Waals surface area contributed by atoms with E-state index < -0.39 is 11.9 Å². The van der Waals surface area contributed by atoms with Gasteiger partial charge in [0.25, 0.3) is 0 Å². The maximum absolute atomic E-state index is 13.4. The largest absolute Gasteiger partial charge is 0.481 e. The molecule has 38 heavy (non-hydrogen) atoms. The van der Waals surface area contributed by atoms with Crippen molar-refractivity contribution in [2.45, 2.75) is 25.7 Å². The minimum Gasteiger partial charge on any atom is -0.481 e. The third-order valence-electron chi connectivity index (χ3n) is 7.11. The van der Waals surface area contributed by atoms with Gasteiger partial charge in [-0.3, -0.25) is 14.5 Å². The van der Waals surface area contributed by atoms with Crippen LogP contribution in [0.1, 0.15) is 25.7 Å². The molecule has 1 saturated heterocycles. The number of nitrogens with zero attached hydrogens (tertiary/aromatic N) is 4. The molecule has 3 aromatic heterocycles. The molecule has 8 nitrogen and oxygen atoms in total. The first-order valence-electron chi connectivity index (χ1n) is 12.5. The number of aromatic nitrogens is 3. The predicted octanol–water partition coefficient (Wildman–Crippen LogP) is 5.89. The van der Waals surface area contributed by atoms with Crippen LogP contribution in [-0.2, 0) is 21.4 Å². The fourth-order valence-electron chi connectivity index (χ4n) is 5.06. The lowest BCUT2D eigenvalue weighted by molar-refractivity contribution is -0.141. The van der Waals surface area contributed by atoms with Crippen molar-refractivity contribution in [2.75, 3.05) is 25.2 Å². The molecule has 1 atom stereocenters. The van der Waals surface area contributed by atoms with Crippen LogP contribution in [0.3, 0.4) is 0 Å².